The average molecular weight is 446 g/mol. The van der Waals surface area contributed by atoms with Crippen LogP contribution < -0.4 is 5.32 Å². The summed E-state index contributed by atoms with van der Waals surface area (Å²) in [7, 11) is 0. The third kappa shape index (κ3) is 4.62. The van der Waals surface area contributed by atoms with Gasteiger partial charge in [0.05, 0.1) is 30.3 Å². The topological polar surface area (TPSA) is 84.6 Å². The second kappa shape index (κ2) is 9.23. The van der Waals surface area contributed by atoms with Gasteiger partial charge in [-0.15, -0.1) is 0 Å². The number of imidazole rings is 1. The predicted octanol–water partition coefficient (Wildman–Crippen LogP) is 3.95. The molecule has 0 bridgehead atoms. The van der Waals surface area contributed by atoms with Gasteiger partial charge in [-0.05, 0) is 24.1 Å². The molecule has 8 nitrogen and oxygen atoms in total. The number of alkyl halides is 1. The highest BCUT2D eigenvalue weighted by atomic mass is 19.1. The molecule has 0 aliphatic carbocycles. The van der Waals surface area contributed by atoms with Crippen LogP contribution in [-0.4, -0.2) is 55.6 Å². The molecule has 1 N–H and O–H groups in total. The van der Waals surface area contributed by atoms with Gasteiger partial charge in [0.2, 0.25) is 0 Å². The molecule has 9 heteroatoms. The molecule has 0 saturated carbocycles. The number of amides is 1. The van der Waals surface area contributed by atoms with E-state index in [0.29, 0.717) is 18.1 Å². The maximum absolute atomic E-state index is 14.7. The Kier molecular flexibility index (Phi) is 5.84. The van der Waals surface area contributed by atoms with E-state index in [2.05, 4.69) is 20.3 Å². The first-order valence-corrected chi connectivity index (χ1v) is 10.8. The third-order valence-corrected chi connectivity index (χ3v) is 5.64. The summed E-state index contributed by atoms with van der Waals surface area (Å²) in [6.45, 7) is 0.664. The lowest BCUT2D eigenvalue weighted by Crippen LogP contribution is -2.51. The predicted molar refractivity (Wildman–Crippen MR) is 121 cm³/mol. The molecule has 1 saturated heterocycles. The number of halogens is 1. The van der Waals surface area contributed by atoms with Crippen LogP contribution in [0.15, 0.2) is 73.3 Å². The van der Waals surface area contributed by atoms with Crippen molar-refractivity contribution < 1.29 is 13.9 Å². The van der Waals surface area contributed by atoms with Crippen molar-refractivity contribution >= 4 is 17.6 Å². The number of hydrogen-bond acceptors (Lipinski definition) is 6. The molecular weight excluding hydrogens is 423 g/mol. The van der Waals surface area contributed by atoms with Crippen molar-refractivity contribution in [3.8, 4) is 11.4 Å². The number of hydrogen-bond donors (Lipinski definition) is 1. The van der Waals surface area contributed by atoms with E-state index in [4.69, 9.17) is 4.74 Å². The smallest absolute Gasteiger partial charge is 0.410 e. The third-order valence-electron chi connectivity index (χ3n) is 5.64. The summed E-state index contributed by atoms with van der Waals surface area (Å²) in [6, 6.07) is 14.6. The summed E-state index contributed by atoms with van der Waals surface area (Å²) >= 11 is 0. The summed E-state index contributed by atoms with van der Waals surface area (Å²) < 4.78 is 22.0. The molecule has 2 atom stereocenters. The van der Waals surface area contributed by atoms with Crippen LogP contribution in [0, 0.1) is 0 Å². The van der Waals surface area contributed by atoms with Gasteiger partial charge in [0.25, 0.3) is 0 Å². The number of nitrogens with zero attached hydrogens (tertiary/aromatic N) is 5. The Labute approximate surface area is 190 Å². The number of fused-ring (bicyclic) bond motifs is 1. The van der Waals surface area contributed by atoms with Gasteiger partial charge >= 0.3 is 6.09 Å². The lowest BCUT2D eigenvalue weighted by atomic mass is 10.0. The Bertz CT molecular complexity index is 1250. The summed E-state index contributed by atoms with van der Waals surface area (Å²) in [5.41, 5.74) is 3.10. The van der Waals surface area contributed by atoms with Gasteiger partial charge in [-0.2, -0.15) is 0 Å². The second-order valence-electron chi connectivity index (χ2n) is 7.90. The van der Waals surface area contributed by atoms with E-state index in [9.17, 15) is 9.18 Å². The molecule has 1 aliphatic rings. The average Bonchev–Trinajstić information content (AvgIpc) is 3.29. The standard InChI is InChI=1S/C24H23FN6O2/c25-18-9-11-30(24(32)33-16-17-6-2-1-3-7-17)15-20(18)29-22-14-26-12-19(28-22)21-13-27-23-8-4-5-10-31(21)23/h1-8,10,12-14,18,20H,9,11,15-16H2,(H,28,29)/t18-,20-/m1/s1. The van der Waals surface area contributed by atoms with E-state index < -0.39 is 18.3 Å². The molecule has 4 aromatic rings. The number of rotatable bonds is 5. The molecule has 168 valence electrons. The van der Waals surface area contributed by atoms with Crippen molar-refractivity contribution in [2.45, 2.75) is 25.2 Å². The van der Waals surface area contributed by atoms with Crippen molar-refractivity contribution in [2.24, 2.45) is 0 Å². The van der Waals surface area contributed by atoms with Crippen LogP contribution in [0.5, 0.6) is 0 Å². The molecule has 1 aromatic carbocycles. The zero-order valence-electron chi connectivity index (χ0n) is 17.8. The van der Waals surface area contributed by atoms with E-state index in [1.54, 1.807) is 18.6 Å². The minimum absolute atomic E-state index is 0.177. The van der Waals surface area contributed by atoms with Gasteiger partial charge in [0, 0.05) is 19.3 Å². The van der Waals surface area contributed by atoms with Crippen molar-refractivity contribution in [3.05, 3.63) is 78.9 Å². The fraction of sp³-hybridized carbons (Fsp3) is 0.250. The molecular formula is C24H23FN6O2. The minimum atomic E-state index is -1.12. The first-order chi connectivity index (χ1) is 16.2. The van der Waals surface area contributed by atoms with Crippen molar-refractivity contribution in [1.29, 1.82) is 0 Å². The second-order valence-corrected chi connectivity index (χ2v) is 7.90. The number of carbonyl (C=O) groups excluding carboxylic acids is 1. The van der Waals surface area contributed by atoms with Crippen LogP contribution in [0.1, 0.15) is 12.0 Å². The highest BCUT2D eigenvalue weighted by molar-refractivity contribution is 5.68. The zero-order chi connectivity index (χ0) is 22.6. The van der Waals surface area contributed by atoms with Gasteiger partial charge in [0.1, 0.15) is 29.9 Å². The van der Waals surface area contributed by atoms with Crippen molar-refractivity contribution in [3.63, 3.8) is 0 Å². The van der Waals surface area contributed by atoms with Crippen LogP contribution in [0.25, 0.3) is 17.0 Å². The van der Waals surface area contributed by atoms with Gasteiger partial charge < -0.3 is 15.0 Å². The summed E-state index contributed by atoms with van der Waals surface area (Å²) in [6.07, 6.45) is 5.46. The highest BCUT2D eigenvalue weighted by Gasteiger charge is 2.32. The van der Waals surface area contributed by atoms with E-state index in [0.717, 1.165) is 16.9 Å². The number of benzene rings is 1. The van der Waals surface area contributed by atoms with Crippen LogP contribution >= 0.6 is 0 Å². The maximum Gasteiger partial charge on any atom is 0.410 e. The highest BCUT2D eigenvalue weighted by Crippen LogP contribution is 2.22. The molecule has 4 heterocycles. The fourth-order valence-electron chi connectivity index (χ4n) is 3.91. The Balaban J connectivity index is 1.26. The number of piperidine rings is 1. The zero-order valence-corrected chi connectivity index (χ0v) is 17.8. The molecule has 1 amide bonds. The quantitative estimate of drug-likeness (QED) is 0.500. The lowest BCUT2D eigenvalue weighted by Gasteiger charge is -2.35. The van der Waals surface area contributed by atoms with Gasteiger partial charge in [-0.3, -0.25) is 9.38 Å². The lowest BCUT2D eigenvalue weighted by molar-refractivity contribution is 0.0729. The SMILES string of the molecule is O=C(OCc1ccccc1)N1CC[C@@H](F)[C@H](Nc2cncc(-c3cnc4ccccn34)n2)C1. The van der Waals surface area contributed by atoms with Crippen LogP contribution in [0.2, 0.25) is 0 Å². The molecule has 5 rings (SSSR count). The molecule has 33 heavy (non-hydrogen) atoms. The normalized spacial score (nSPS) is 18.3. The molecule has 1 fully saturated rings. The molecule has 0 unspecified atom stereocenters. The maximum atomic E-state index is 14.7. The van der Waals surface area contributed by atoms with Crippen molar-refractivity contribution in [2.75, 3.05) is 18.4 Å². The number of aromatic nitrogens is 4. The molecule has 1 aliphatic heterocycles. The summed E-state index contributed by atoms with van der Waals surface area (Å²) in [5.74, 6) is 0.436. The van der Waals surface area contributed by atoms with Crippen LogP contribution in [0.4, 0.5) is 15.0 Å². The molecule has 0 spiro atoms. The van der Waals surface area contributed by atoms with Crippen LogP contribution in [-0.2, 0) is 11.3 Å². The van der Waals surface area contributed by atoms with E-state index in [-0.39, 0.29) is 19.6 Å². The Morgan fingerprint density at radius 1 is 1.12 bits per heavy atom. The Morgan fingerprint density at radius 2 is 1.97 bits per heavy atom. The Hall–Kier alpha value is -4.01. The number of ether oxygens (including phenoxy) is 1. The number of likely N-dealkylation sites (tertiary alicyclic amines) is 1. The monoisotopic (exact) mass is 446 g/mol. The van der Waals surface area contributed by atoms with E-state index >= 15 is 0 Å². The van der Waals surface area contributed by atoms with Crippen LogP contribution in [0.3, 0.4) is 0 Å². The molecule has 0 radical (unpaired) electrons. The first-order valence-electron chi connectivity index (χ1n) is 10.8. The largest absolute Gasteiger partial charge is 0.445 e. The first kappa shape index (κ1) is 20.9. The summed E-state index contributed by atoms with van der Waals surface area (Å²) in [5, 5.41) is 3.11. The number of nitrogens with one attached hydrogen (secondary N) is 1. The number of carbonyl (C=O) groups is 1. The van der Waals surface area contributed by atoms with E-state index in [1.165, 1.54) is 4.90 Å². The minimum Gasteiger partial charge on any atom is -0.445 e. The van der Waals surface area contributed by atoms with Gasteiger partial charge in [-0.1, -0.05) is 36.4 Å². The summed E-state index contributed by atoms with van der Waals surface area (Å²) in [4.78, 5) is 27.3. The number of anilines is 1. The number of pyridine rings is 1. The van der Waals surface area contributed by atoms with Gasteiger partial charge in [-0.25, -0.2) is 19.2 Å². The molecule has 3 aromatic heterocycles. The Morgan fingerprint density at radius 3 is 2.85 bits per heavy atom. The van der Waals surface area contributed by atoms with Gasteiger partial charge in [0.15, 0.2) is 0 Å². The van der Waals surface area contributed by atoms with E-state index in [1.807, 2.05) is 59.1 Å². The van der Waals surface area contributed by atoms with Crippen molar-refractivity contribution in [1.82, 2.24) is 24.3 Å². The fourth-order valence-corrected chi connectivity index (χ4v) is 3.91.